The third-order valence-electron chi connectivity index (χ3n) is 3.25. The highest BCUT2D eigenvalue weighted by atomic mass is 79.9. The van der Waals surface area contributed by atoms with Crippen molar-refractivity contribution in [1.82, 2.24) is 9.78 Å². The molecule has 0 saturated carbocycles. The van der Waals surface area contributed by atoms with Crippen LogP contribution in [0.4, 0.5) is 5.82 Å². The highest BCUT2D eigenvalue weighted by Crippen LogP contribution is 2.29. The number of alkyl halides is 1. The first-order valence-electron chi connectivity index (χ1n) is 6.42. The average Bonchev–Trinajstić information content (AvgIpc) is 2.93. The molecule has 0 atom stereocenters. The Hall–Kier alpha value is -0.810. The van der Waals surface area contributed by atoms with Crippen LogP contribution >= 0.6 is 27.3 Å². The van der Waals surface area contributed by atoms with Gasteiger partial charge in [-0.05, 0) is 32.2 Å². The Kier molecular flexibility index (Phi) is 4.68. The van der Waals surface area contributed by atoms with Crippen molar-refractivity contribution in [3.8, 4) is 0 Å². The van der Waals surface area contributed by atoms with Gasteiger partial charge in [0.15, 0.2) is 0 Å². The second kappa shape index (κ2) is 6.09. The molecule has 0 aromatic carbocycles. The first kappa shape index (κ1) is 14.6. The zero-order chi connectivity index (χ0) is 14.0. The predicted octanol–water partition coefficient (Wildman–Crippen LogP) is 4.10. The second-order valence-corrected chi connectivity index (χ2v) is 6.54. The van der Waals surface area contributed by atoms with Crippen molar-refractivity contribution < 1.29 is 0 Å². The van der Waals surface area contributed by atoms with Gasteiger partial charge in [-0.2, -0.15) is 5.10 Å². The number of hydrogen-bond acceptors (Lipinski definition) is 3. The van der Waals surface area contributed by atoms with E-state index in [9.17, 15) is 0 Å². The lowest BCUT2D eigenvalue weighted by Crippen LogP contribution is -2.32. The SMILES string of the molecule is Cc1nn(C)c(N(Cc2cccs2)C(C)C)c1CBr. The Bertz CT molecular complexity index is 531. The van der Waals surface area contributed by atoms with Crippen LogP contribution in [0.25, 0.3) is 0 Å². The third-order valence-corrected chi connectivity index (χ3v) is 4.67. The summed E-state index contributed by atoms with van der Waals surface area (Å²) in [6.07, 6.45) is 0. The number of aryl methyl sites for hydroxylation is 2. The van der Waals surface area contributed by atoms with Gasteiger partial charge in [-0.3, -0.25) is 4.68 Å². The Balaban J connectivity index is 2.39. The minimum atomic E-state index is 0.440. The lowest BCUT2D eigenvalue weighted by molar-refractivity contribution is 0.636. The van der Waals surface area contributed by atoms with E-state index in [1.165, 1.54) is 16.3 Å². The molecule has 0 saturated heterocycles. The highest BCUT2D eigenvalue weighted by Gasteiger charge is 2.21. The van der Waals surface area contributed by atoms with Crippen molar-refractivity contribution in [1.29, 1.82) is 0 Å². The number of rotatable bonds is 5. The Morgan fingerprint density at radius 3 is 2.74 bits per heavy atom. The summed E-state index contributed by atoms with van der Waals surface area (Å²) in [5.74, 6) is 1.22. The monoisotopic (exact) mass is 341 g/mol. The molecule has 2 aromatic rings. The average molecular weight is 342 g/mol. The zero-order valence-corrected chi connectivity index (χ0v) is 14.3. The van der Waals surface area contributed by atoms with Gasteiger partial charge in [0.25, 0.3) is 0 Å². The van der Waals surface area contributed by atoms with Gasteiger partial charge >= 0.3 is 0 Å². The quantitative estimate of drug-likeness (QED) is 0.763. The lowest BCUT2D eigenvalue weighted by atomic mass is 10.2. The molecule has 0 aliphatic carbocycles. The van der Waals surface area contributed by atoms with Crippen LogP contribution in [0.15, 0.2) is 17.5 Å². The van der Waals surface area contributed by atoms with Crippen molar-refractivity contribution in [2.45, 2.75) is 38.7 Å². The van der Waals surface area contributed by atoms with Crippen molar-refractivity contribution in [3.05, 3.63) is 33.6 Å². The van der Waals surface area contributed by atoms with Crippen LogP contribution in [-0.2, 0) is 18.9 Å². The number of nitrogens with zero attached hydrogens (tertiary/aromatic N) is 3. The Labute approximate surface area is 127 Å². The molecule has 19 heavy (non-hydrogen) atoms. The fourth-order valence-corrected chi connectivity index (χ4v) is 3.64. The van der Waals surface area contributed by atoms with Crippen LogP contribution in [-0.4, -0.2) is 15.8 Å². The van der Waals surface area contributed by atoms with Gasteiger partial charge in [-0.25, -0.2) is 0 Å². The topological polar surface area (TPSA) is 21.1 Å². The van der Waals surface area contributed by atoms with E-state index in [1.807, 2.05) is 11.7 Å². The molecule has 0 spiro atoms. The Morgan fingerprint density at radius 1 is 1.47 bits per heavy atom. The maximum Gasteiger partial charge on any atom is 0.131 e. The minimum Gasteiger partial charge on any atom is -0.349 e. The fourth-order valence-electron chi connectivity index (χ4n) is 2.28. The first-order chi connectivity index (χ1) is 9.04. The van der Waals surface area contributed by atoms with E-state index in [-0.39, 0.29) is 0 Å². The summed E-state index contributed by atoms with van der Waals surface area (Å²) >= 11 is 5.40. The molecule has 0 aliphatic rings. The smallest absolute Gasteiger partial charge is 0.131 e. The van der Waals surface area contributed by atoms with Crippen LogP contribution in [0.5, 0.6) is 0 Å². The number of anilines is 1. The molecule has 0 unspecified atom stereocenters. The molecular formula is C14H20BrN3S. The fraction of sp³-hybridized carbons (Fsp3) is 0.500. The summed E-state index contributed by atoms with van der Waals surface area (Å²) in [6, 6.07) is 4.74. The van der Waals surface area contributed by atoms with E-state index >= 15 is 0 Å². The van der Waals surface area contributed by atoms with E-state index in [1.54, 1.807) is 11.3 Å². The normalized spacial score (nSPS) is 11.3. The predicted molar refractivity (Wildman–Crippen MR) is 86.2 cm³/mol. The molecule has 104 valence electrons. The summed E-state index contributed by atoms with van der Waals surface area (Å²) < 4.78 is 2.00. The molecule has 0 bridgehead atoms. The zero-order valence-electron chi connectivity index (χ0n) is 11.9. The summed E-state index contributed by atoms with van der Waals surface area (Å²) in [5.41, 5.74) is 2.39. The summed E-state index contributed by atoms with van der Waals surface area (Å²) in [7, 11) is 2.03. The number of aromatic nitrogens is 2. The van der Waals surface area contributed by atoms with Crippen LogP contribution in [0, 0.1) is 6.92 Å². The number of hydrogen-bond donors (Lipinski definition) is 0. The van der Waals surface area contributed by atoms with Gasteiger partial charge in [0.05, 0.1) is 12.2 Å². The van der Waals surface area contributed by atoms with Crippen molar-refractivity contribution in [2.24, 2.45) is 7.05 Å². The first-order valence-corrected chi connectivity index (χ1v) is 8.42. The number of halogens is 1. The highest BCUT2D eigenvalue weighted by molar-refractivity contribution is 9.08. The van der Waals surface area contributed by atoms with Crippen LogP contribution < -0.4 is 4.90 Å². The van der Waals surface area contributed by atoms with Gasteiger partial charge < -0.3 is 4.90 Å². The minimum absolute atomic E-state index is 0.440. The molecule has 5 heteroatoms. The van der Waals surface area contributed by atoms with Crippen molar-refractivity contribution >= 4 is 33.1 Å². The molecule has 3 nitrogen and oxygen atoms in total. The van der Waals surface area contributed by atoms with E-state index in [0.717, 1.165) is 17.6 Å². The van der Waals surface area contributed by atoms with Crippen LogP contribution in [0.2, 0.25) is 0 Å². The van der Waals surface area contributed by atoms with Crippen molar-refractivity contribution in [2.75, 3.05) is 4.90 Å². The van der Waals surface area contributed by atoms with Gasteiger partial charge in [0.2, 0.25) is 0 Å². The Morgan fingerprint density at radius 2 is 2.21 bits per heavy atom. The van der Waals surface area contributed by atoms with Gasteiger partial charge in [-0.1, -0.05) is 22.0 Å². The van der Waals surface area contributed by atoms with Gasteiger partial charge in [-0.15, -0.1) is 11.3 Å². The summed E-state index contributed by atoms with van der Waals surface area (Å²) in [5, 5.41) is 7.54. The molecule has 0 N–H and O–H groups in total. The molecule has 0 amide bonds. The van der Waals surface area contributed by atoms with E-state index < -0.39 is 0 Å². The van der Waals surface area contributed by atoms with E-state index in [0.29, 0.717) is 6.04 Å². The molecule has 0 radical (unpaired) electrons. The summed E-state index contributed by atoms with van der Waals surface area (Å²) in [4.78, 5) is 3.80. The molecule has 0 aliphatic heterocycles. The van der Waals surface area contributed by atoms with Gasteiger partial charge in [0.1, 0.15) is 5.82 Å². The largest absolute Gasteiger partial charge is 0.349 e. The maximum atomic E-state index is 4.56. The maximum absolute atomic E-state index is 4.56. The van der Waals surface area contributed by atoms with Crippen LogP contribution in [0.1, 0.15) is 30.0 Å². The van der Waals surface area contributed by atoms with Crippen LogP contribution in [0.3, 0.4) is 0 Å². The third kappa shape index (κ3) is 3.03. The summed E-state index contributed by atoms with van der Waals surface area (Å²) in [6.45, 7) is 7.47. The van der Waals surface area contributed by atoms with Gasteiger partial charge in [0, 0.05) is 28.9 Å². The molecule has 2 heterocycles. The van der Waals surface area contributed by atoms with E-state index in [2.05, 4.69) is 64.2 Å². The van der Waals surface area contributed by atoms with E-state index in [4.69, 9.17) is 0 Å². The molecule has 2 aromatic heterocycles. The van der Waals surface area contributed by atoms with Crippen molar-refractivity contribution in [3.63, 3.8) is 0 Å². The second-order valence-electron chi connectivity index (χ2n) is 4.95. The number of thiophene rings is 1. The standard InChI is InChI=1S/C14H20BrN3S/c1-10(2)18(9-12-6-5-7-19-12)14-13(8-15)11(3)16-17(14)4/h5-7,10H,8-9H2,1-4H3. The molecule has 2 rings (SSSR count). The lowest BCUT2D eigenvalue weighted by Gasteiger charge is -2.29. The molecule has 0 fully saturated rings. The molecular weight excluding hydrogens is 322 g/mol.